The van der Waals surface area contributed by atoms with Crippen LogP contribution in [0.25, 0.3) is 5.76 Å². The summed E-state index contributed by atoms with van der Waals surface area (Å²) in [5.41, 5.74) is 5.06. The predicted molar refractivity (Wildman–Crippen MR) is 124 cm³/mol. The number of benzene rings is 2. The number of carbonyl (C=O) groups is 3. The molecule has 1 atom stereocenters. The van der Waals surface area contributed by atoms with Crippen molar-refractivity contribution in [1.29, 1.82) is 0 Å². The minimum absolute atomic E-state index is 0.00918. The van der Waals surface area contributed by atoms with E-state index in [2.05, 4.69) is 5.92 Å². The van der Waals surface area contributed by atoms with E-state index in [1.165, 1.54) is 4.90 Å². The van der Waals surface area contributed by atoms with Crippen molar-refractivity contribution in [3.63, 3.8) is 0 Å². The topological polar surface area (TPSA) is 108 Å². The first-order valence-electron chi connectivity index (χ1n) is 10.5. The number of rotatable bonds is 5. The Hall–Kier alpha value is -4.51. The van der Waals surface area contributed by atoms with Crippen LogP contribution in [0.1, 0.15) is 18.1 Å². The summed E-state index contributed by atoms with van der Waals surface area (Å²) in [6.45, 7) is 1.57. The van der Waals surface area contributed by atoms with Gasteiger partial charge in [-0.25, -0.2) is 9.59 Å². The zero-order chi connectivity index (χ0) is 24.5. The molecule has 0 fully saturated rings. The minimum atomic E-state index is -1.99. The van der Waals surface area contributed by atoms with Gasteiger partial charge in [0.15, 0.2) is 0 Å². The molecule has 0 aliphatic carbocycles. The standard InChI is InChI=1S/C26H22N2O6/c1-4-15-28-18-14-10-9-13-17(18)26(25(28)31)19(24(30)33-5-2)21(16-11-7-6-8-12-16)34-22(27)20(26)23(29)32-3/h1,6-14H,5,15,27H2,2-3H3. The summed E-state index contributed by atoms with van der Waals surface area (Å²) in [5.74, 6) is -0.267. The Labute approximate surface area is 196 Å². The maximum Gasteiger partial charge on any atom is 0.340 e. The molecule has 172 valence electrons. The molecule has 0 bridgehead atoms. The zero-order valence-electron chi connectivity index (χ0n) is 18.7. The fourth-order valence-electron chi connectivity index (χ4n) is 4.47. The number of terminal acetylenes is 1. The average molecular weight is 458 g/mol. The molecule has 2 aliphatic heterocycles. The fraction of sp³-hybridized carbons (Fsp3) is 0.192. The van der Waals surface area contributed by atoms with Crippen molar-refractivity contribution in [3.05, 3.63) is 82.8 Å². The number of nitrogens with two attached hydrogens (primary N) is 1. The molecule has 34 heavy (non-hydrogen) atoms. The molecule has 2 aromatic rings. The van der Waals surface area contributed by atoms with Crippen molar-refractivity contribution in [2.45, 2.75) is 12.3 Å². The number of fused-ring (bicyclic) bond motifs is 2. The van der Waals surface area contributed by atoms with Gasteiger partial charge in [0.25, 0.3) is 0 Å². The summed E-state index contributed by atoms with van der Waals surface area (Å²) >= 11 is 0. The quantitative estimate of drug-likeness (QED) is 0.541. The lowest BCUT2D eigenvalue weighted by atomic mass is 9.67. The van der Waals surface area contributed by atoms with E-state index in [0.717, 1.165) is 7.11 Å². The third kappa shape index (κ3) is 3.13. The Kier molecular flexibility index (Phi) is 5.86. The SMILES string of the molecule is C#CCN1C(=O)C2(C(C(=O)OC)=C(N)OC(c3ccccc3)=C2C(=O)OCC)c2ccccc21. The summed E-state index contributed by atoms with van der Waals surface area (Å²) in [7, 11) is 1.15. The molecule has 2 aromatic carbocycles. The van der Waals surface area contributed by atoms with Crippen LogP contribution < -0.4 is 10.6 Å². The van der Waals surface area contributed by atoms with Gasteiger partial charge < -0.3 is 19.9 Å². The molecule has 0 saturated heterocycles. The highest BCUT2D eigenvalue weighted by molar-refractivity contribution is 6.24. The van der Waals surface area contributed by atoms with E-state index in [1.54, 1.807) is 61.5 Å². The van der Waals surface area contributed by atoms with Crippen LogP contribution in [0.15, 0.2) is 71.6 Å². The van der Waals surface area contributed by atoms with Gasteiger partial charge in [-0.3, -0.25) is 9.69 Å². The van der Waals surface area contributed by atoms with Gasteiger partial charge in [-0.1, -0.05) is 54.5 Å². The summed E-state index contributed by atoms with van der Waals surface area (Å²) < 4.78 is 16.2. The number of hydrogen-bond donors (Lipinski definition) is 1. The molecule has 2 N–H and O–H groups in total. The lowest BCUT2D eigenvalue weighted by Gasteiger charge is -2.36. The third-order valence-electron chi connectivity index (χ3n) is 5.75. The van der Waals surface area contributed by atoms with E-state index in [9.17, 15) is 14.4 Å². The van der Waals surface area contributed by atoms with Gasteiger partial charge in [0.05, 0.1) is 20.3 Å². The highest BCUT2D eigenvalue weighted by Crippen LogP contribution is 2.55. The lowest BCUT2D eigenvalue weighted by molar-refractivity contribution is -0.142. The Morgan fingerprint density at radius 2 is 1.76 bits per heavy atom. The Bertz CT molecular complexity index is 1290. The maximum atomic E-state index is 14.2. The number of para-hydroxylation sites is 1. The maximum absolute atomic E-state index is 14.2. The van der Waals surface area contributed by atoms with Crippen LogP contribution in [0.3, 0.4) is 0 Å². The van der Waals surface area contributed by atoms with E-state index >= 15 is 0 Å². The summed E-state index contributed by atoms with van der Waals surface area (Å²) in [4.78, 5) is 42.2. The van der Waals surface area contributed by atoms with Crippen LogP contribution in [0.2, 0.25) is 0 Å². The second-order valence-electron chi connectivity index (χ2n) is 7.49. The zero-order valence-corrected chi connectivity index (χ0v) is 18.7. The average Bonchev–Trinajstić information content (AvgIpc) is 3.08. The number of hydrogen-bond acceptors (Lipinski definition) is 7. The number of anilines is 1. The Balaban J connectivity index is 2.18. The van der Waals surface area contributed by atoms with E-state index in [4.69, 9.17) is 26.4 Å². The van der Waals surface area contributed by atoms with Crippen molar-refractivity contribution >= 4 is 29.3 Å². The Morgan fingerprint density at radius 1 is 1.09 bits per heavy atom. The first-order valence-corrected chi connectivity index (χ1v) is 10.5. The van der Waals surface area contributed by atoms with Crippen molar-refractivity contribution in [1.82, 2.24) is 0 Å². The summed E-state index contributed by atoms with van der Waals surface area (Å²) in [6, 6.07) is 15.4. The molecular formula is C26H22N2O6. The molecule has 4 rings (SSSR count). The number of nitrogens with zero attached hydrogens (tertiary/aromatic N) is 1. The van der Waals surface area contributed by atoms with Gasteiger partial charge in [0.2, 0.25) is 11.8 Å². The number of amides is 1. The first kappa shape index (κ1) is 22.7. The molecule has 8 heteroatoms. The first-order chi connectivity index (χ1) is 16.4. The van der Waals surface area contributed by atoms with Gasteiger partial charge in [-0.15, -0.1) is 6.42 Å². The molecule has 2 aliphatic rings. The molecule has 0 radical (unpaired) electrons. The second kappa shape index (κ2) is 8.79. The number of carbonyl (C=O) groups excluding carboxylic acids is 3. The number of methoxy groups -OCH3 is 1. The van der Waals surface area contributed by atoms with Gasteiger partial charge in [0, 0.05) is 16.8 Å². The van der Waals surface area contributed by atoms with Crippen molar-refractivity contribution in [3.8, 4) is 12.3 Å². The summed E-state index contributed by atoms with van der Waals surface area (Å²) in [5, 5.41) is 0. The van der Waals surface area contributed by atoms with Gasteiger partial charge in [-0.05, 0) is 13.0 Å². The smallest absolute Gasteiger partial charge is 0.340 e. The molecule has 2 heterocycles. The van der Waals surface area contributed by atoms with Gasteiger partial charge >= 0.3 is 11.9 Å². The highest BCUT2D eigenvalue weighted by Gasteiger charge is 2.64. The third-order valence-corrected chi connectivity index (χ3v) is 5.75. The monoisotopic (exact) mass is 458 g/mol. The molecule has 1 amide bonds. The van der Waals surface area contributed by atoms with Crippen molar-refractivity contribution in [2.75, 3.05) is 25.2 Å². The van der Waals surface area contributed by atoms with E-state index in [1.807, 2.05) is 0 Å². The molecule has 0 saturated carbocycles. The van der Waals surface area contributed by atoms with Crippen LogP contribution in [-0.4, -0.2) is 38.1 Å². The summed E-state index contributed by atoms with van der Waals surface area (Å²) in [6.07, 6.45) is 5.55. The molecule has 8 nitrogen and oxygen atoms in total. The van der Waals surface area contributed by atoms with Crippen LogP contribution in [-0.2, 0) is 34.0 Å². The minimum Gasteiger partial charge on any atom is -0.465 e. The van der Waals surface area contributed by atoms with Crippen molar-refractivity contribution < 1.29 is 28.6 Å². The largest absolute Gasteiger partial charge is 0.465 e. The van der Waals surface area contributed by atoms with Crippen LogP contribution in [0, 0.1) is 12.3 Å². The highest BCUT2D eigenvalue weighted by atomic mass is 16.5. The van der Waals surface area contributed by atoms with Crippen LogP contribution in [0.5, 0.6) is 0 Å². The molecular weight excluding hydrogens is 436 g/mol. The predicted octanol–water partition coefficient (Wildman–Crippen LogP) is 2.25. The van der Waals surface area contributed by atoms with E-state index in [-0.39, 0.29) is 35.9 Å². The molecule has 0 aromatic heterocycles. The molecule has 1 unspecified atom stereocenters. The fourth-order valence-corrected chi connectivity index (χ4v) is 4.47. The van der Waals surface area contributed by atoms with E-state index in [0.29, 0.717) is 16.8 Å². The number of esters is 2. The van der Waals surface area contributed by atoms with Gasteiger partial charge in [-0.2, -0.15) is 0 Å². The Morgan fingerprint density at radius 3 is 2.41 bits per heavy atom. The van der Waals surface area contributed by atoms with Crippen LogP contribution in [0.4, 0.5) is 5.69 Å². The second-order valence-corrected chi connectivity index (χ2v) is 7.49. The van der Waals surface area contributed by atoms with Crippen LogP contribution >= 0.6 is 0 Å². The number of ether oxygens (including phenoxy) is 3. The van der Waals surface area contributed by atoms with Crippen molar-refractivity contribution in [2.24, 2.45) is 5.73 Å². The lowest BCUT2D eigenvalue weighted by Crippen LogP contribution is -2.50. The normalized spacial score (nSPS) is 19.0. The van der Waals surface area contributed by atoms with Gasteiger partial charge in [0.1, 0.15) is 22.3 Å². The van der Waals surface area contributed by atoms with E-state index < -0.39 is 23.3 Å². The molecule has 1 spiro atoms.